The molecule has 0 aliphatic carbocycles. The molecule has 0 atom stereocenters. The van der Waals surface area contributed by atoms with Gasteiger partial charge < -0.3 is 25.3 Å². The van der Waals surface area contributed by atoms with Crippen LogP contribution in [0.4, 0.5) is 22.7 Å². The van der Waals surface area contributed by atoms with Gasteiger partial charge in [-0.25, -0.2) is 0 Å². The van der Waals surface area contributed by atoms with E-state index in [-0.39, 0.29) is 5.91 Å². The van der Waals surface area contributed by atoms with Crippen LogP contribution in [-0.2, 0) is 6.54 Å². The molecule has 0 unspecified atom stereocenters. The number of halogens is 1. The molecule has 3 fully saturated rings. The first kappa shape index (κ1) is 30.1. The van der Waals surface area contributed by atoms with E-state index in [4.69, 9.17) is 11.6 Å². The maximum Gasteiger partial charge on any atom is 0.255 e. The molecule has 0 spiro atoms. The van der Waals surface area contributed by atoms with E-state index >= 15 is 0 Å². The summed E-state index contributed by atoms with van der Waals surface area (Å²) in [4.78, 5) is 22.4. The SMILES string of the molecule is C=Cc1cc(CN2CCCC2)cc(Cl)c1NC(=C)N1CCN(c2ccc(C(=O)Nc3cccc(N4CCCC4)c3)cc2)CC1. The molecule has 0 radical (unpaired) electrons. The highest BCUT2D eigenvalue weighted by molar-refractivity contribution is 6.33. The number of amides is 1. The van der Waals surface area contributed by atoms with Crippen molar-refractivity contribution in [1.29, 1.82) is 0 Å². The molecule has 0 bridgehead atoms. The fourth-order valence-corrected chi connectivity index (χ4v) is 6.81. The number of anilines is 4. The minimum Gasteiger partial charge on any atom is -0.371 e. The lowest BCUT2D eigenvalue weighted by Crippen LogP contribution is -2.46. The summed E-state index contributed by atoms with van der Waals surface area (Å²) in [6.45, 7) is 17.1. The Balaban J connectivity index is 1.01. The van der Waals surface area contributed by atoms with Crippen molar-refractivity contribution in [3.05, 3.63) is 101 Å². The van der Waals surface area contributed by atoms with Gasteiger partial charge in [-0.05, 0) is 104 Å². The molecule has 44 heavy (non-hydrogen) atoms. The maximum atomic E-state index is 13.0. The molecule has 3 aliphatic rings. The Morgan fingerprint density at radius 3 is 2.18 bits per heavy atom. The molecule has 1 amide bonds. The smallest absolute Gasteiger partial charge is 0.255 e. The van der Waals surface area contributed by atoms with Gasteiger partial charge in [0.25, 0.3) is 5.91 Å². The molecule has 2 N–H and O–H groups in total. The first-order valence-corrected chi connectivity index (χ1v) is 16.2. The zero-order valence-corrected chi connectivity index (χ0v) is 26.3. The zero-order valence-electron chi connectivity index (χ0n) is 25.5. The molecule has 3 aromatic rings. The minimum atomic E-state index is -0.0936. The average molecular weight is 611 g/mol. The molecule has 0 aromatic heterocycles. The number of likely N-dealkylation sites (tertiary alicyclic amines) is 1. The highest BCUT2D eigenvalue weighted by Crippen LogP contribution is 2.32. The Kier molecular flexibility index (Phi) is 9.43. The van der Waals surface area contributed by atoms with Gasteiger partial charge in [-0.3, -0.25) is 9.69 Å². The third-order valence-electron chi connectivity index (χ3n) is 9.01. The largest absolute Gasteiger partial charge is 0.371 e. The summed E-state index contributed by atoms with van der Waals surface area (Å²) < 4.78 is 0. The van der Waals surface area contributed by atoms with Crippen LogP contribution in [0.3, 0.4) is 0 Å². The second kappa shape index (κ2) is 13.8. The monoisotopic (exact) mass is 610 g/mol. The first-order chi connectivity index (χ1) is 21.5. The number of carbonyl (C=O) groups is 1. The van der Waals surface area contributed by atoms with Gasteiger partial charge in [-0.2, -0.15) is 0 Å². The summed E-state index contributed by atoms with van der Waals surface area (Å²) in [5.41, 5.74) is 6.83. The van der Waals surface area contributed by atoms with Crippen molar-refractivity contribution in [1.82, 2.24) is 9.80 Å². The van der Waals surface area contributed by atoms with E-state index in [9.17, 15) is 4.79 Å². The zero-order chi connectivity index (χ0) is 30.5. The Morgan fingerprint density at radius 1 is 0.795 bits per heavy atom. The van der Waals surface area contributed by atoms with Gasteiger partial charge in [0.05, 0.1) is 16.5 Å². The number of benzene rings is 3. The third kappa shape index (κ3) is 7.06. The number of rotatable bonds is 10. The van der Waals surface area contributed by atoms with Crippen molar-refractivity contribution in [3.8, 4) is 0 Å². The van der Waals surface area contributed by atoms with Crippen LogP contribution in [0, 0.1) is 0 Å². The number of nitrogens with one attached hydrogen (secondary N) is 2. The second-order valence-electron chi connectivity index (χ2n) is 12.0. The molecular weight excluding hydrogens is 568 g/mol. The van der Waals surface area contributed by atoms with Gasteiger partial charge in [0.15, 0.2) is 0 Å². The van der Waals surface area contributed by atoms with Gasteiger partial charge >= 0.3 is 0 Å². The van der Waals surface area contributed by atoms with Gasteiger partial charge in [0.2, 0.25) is 0 Å². The summed E-state index contributed by atoms with van der Waals surface area (Å²) in [6.07, 6.45) is 6.85. The standard InChI is InChI=1S/C36H43ClN6O/c1-3-29-23-28(26-40-15-4-5-16-40)24-34(37)35(29)38-27(2)41-19-21-43(22-20-41)32-13-11-30(12-14-32)36(44)39-31-9-8-10-33(25-31)42-17-6-7-18-42/h3,8-14,23-25,38H,1-2,4-7,15-22,26H2,(H,39,44). The van der Waals surface area contributed by atoms with Crippen LogP contribution in [0.2, 0.25) is 5.02 Å². The fraction of sp³-hybridized carbons (Fsp3) is 0.361. The highest BCUT2D eigenvalue weighted by Gasteiger charge is 2.21. The predicted molar refractivity (Wildman–Crippen MR) is 185 cm³/mol. The average Bonchev–Trinajstić information content (AvgIpc) is 3.78. The quantitative estimate of drug-likeness (QED) is 0.255. The van der Waals surface area contributed by atoms with E-state index in [1.54, 1.807) is 0 Å². The Hall–Kier alpha value is -3.94. The molecule has 8 heteroatoms. The van der Waals surface area contributed by atoms with Crippen molar-refractivity contribution in [3.63, 3.8) is 0 Å². The fourth-order valence-electron chi connectivity index (χ4n) is 6.51. The van der Waals surface area contributed by atoms with E-state index in [0.717, 1.165) is 87.3 Å². The van der Waals surface area contributed by atoms with Gasteiger partial charge in [-0.1, -0.05) is 36.9 Å². The number of piperazine rings is 1. The molecule has 3 saturated heterocycles. The summed E-state index contributed by atoms with van der Waals surface area (Å²) in [5.74, 6) is 0.742. The second-order valence-corrected chi connectivity index (χ2v) is 12.4. The van der Waals surface area contributed by atoms with E-state index in [0.29, 0.717) is 10.6 Å². The summed E-state index contributed by atoms with van der Waals surface area (Å²) >= 11 is 6.77. The lowest BCUT2D eigenvalue weighted by molar-refractivity contribution is 0.102. The lowest BCUT2D eigenvalue weighted by atomic mass is 10.1. The number of hydrogen-bond acceptors (Lipinski definition) is 6. The molecule has 3 aromatic carbocycles. The van der Waals surface area contributed by atoms with Crippen molar-refractivity contribution in [2.45, 2.75) is 32.2 Å². The molecule has 230 valence electrons. The van der Waals surface area contributed by atoms with Crippen molar-refractivity contribution < 1.29 is 4.79 Å². The van der Waals surface area contributed by atoms with E-state index < -0.39 is 0 Å². The molecule has 0 saturated carbocycles. The van der Waals surface area contributed by atoms with Crippen molar-refractivity contribution in [2.24, 2.45) is 0 Å². The summed E-state index contributed by atoms with van der Waals surface area (Å²) in [7, 11) is 0. The molecule has 6 rings (SSSR count). The lowest BCUT2D eigenvalue weighted by Gasteiger charge is -2.38. The molecule has 3 heterocycles. The van der Waals surface area contributed by atoms with E-state index in [2.05, 4.69) is 67.7 Å². The third-order valence-corrected chi connectivity index (χ3v) is 9.30. The van der Waals surface area contributed by atoms with Crippen LogP contribution in [0.25, 0.3) is 6.08 Å². The first-order valence-electron chi connectivity index (χ1n) is 15.9. The predicted octanol–water partition coefficient (Wildman–Crippen LogP) is 7.14. The van der Waals surface area contributed by atoms with Crippen molar-refractivity contribution in [2.75, 3.05) is 72.8 Å². The van der Waals surface area contributed by atoms with Crippen LogP contribution < -0.4 is 20.4 Å². The Morgan fingerprint density at radius 2 is 1.48 bits per heavy atom. The molecule has 7 nitrogen and oxygen atoms in total. The van der Waals surface area contributed by atoms with Crippen molar-refractivity contribution >= 4 is 46.3 Å². The topological polar surface area (TPSA) is 54.1 Å². The normalized spacial score (nSPS) is 17.2. The van der Waals surface area contributed by atoms with E-state index in [1.807, 2.05) is 42.5 Å². The van der Waals surface area contributed by atoms with Gasteiger partial charge in [0.1, 0.15) is 0 Å². The Bertz CT molecular complexity index is 1480. The van der Waals surface area contributed by atoms with E-state index in [1.165, 1.54) is 36.9 Å². The van der Waals surface area contributed by atoms with Gasteiger partial charge in [0, 0.05) is 68.4 Å². The number of carbonyl (C=O) groups excluding carboxylic acids is 1. The van der Waals surface area contributed by atoms with Crippen LogP contribution >= 0.6 is 11.6 Å². The van der Waals surface area contributed by atoms with Crippen LogP contribution in [0.1, 0.15) is 47.2 Å². The van der Waals surface area contributed by atoms with Crippen LogP contribution in [-0.4, -0.2) is 68.1 Å². The molecular formula is C36H43ClN6O. The van der Waals surface area contributed by atoms with Crippen LogP contribution in [0.5, 0.6) is 0 Å². The van der Waals surface area contributed by atoms with Crippen LogP contribution in [0.15, 0.2) is 79.6 Å². The maximum absolute atomic E-state index is 13.0. The Labute approximate surface area is 266 Å². The minimum absolute atomic E-state index is 0.0936. The van der Waals surface area contributed by atoms with Gasteiger partial charge in [-0.15, -0.1) is 0 Å². The highest BCUT2D eigenvalue weighted by atomic mass is 35.5. The number of hydrogen-bond donors (Lipinski definition) is 2. The number of nitrogens with zero attached hydrogens (tertiary/aromatic N) is 4. The summed E-state index contributed by atoms with van der Waals surface area (Å²) in [5, 5.41) is 7.25. The molecule has 3 aliphatic heterocycles. The summed E-state index contributed by atoms with van der Waals surface area (Å²) in [6, 6.07) is 20.3.